The Labute approximate surface area is 110 Å². The van der Waals surface area contributed by atoms with E-state index < -0.39 is 29.2 Å². The summed E-state index contributed by atoms with van der Waals surface area (Å²) in [5.41, 5.74) is 0.837. The number of sulfonamides is 1. The Kier molecular flexibility index (Phi) is 5.37. The maximum absolute atomic E-state index is 11.9. The van der Waals surface area contributed by atoms with E-state index in [0.717, 1.165) is 5.56 Å². The Morgan fingerprint density at radius 3 is 2.32 bits per heavy atom. The van der Waals surface area contributed by atoms with Gasteiger partial charge in [-0.1, -0.05) is 37.3 Å². The van der Waals surface area contributed by atoms with Crippen molar-refractivity contribution < 1.29 is 21.6 Å². The highest BCUT2D eigenvalue weighted by atomic mass is 32.2. The molecule has 0 aromatic heterocycles. The van der Waals surface area contributed by atoms with Crippen LogP contribution in [0.1, 0.15) is 24.8 Å². The summed E-state index contributed by atoms with van der Waals surface area (Å²) in [5.74, 6) is -0.501. The lowest BCUT2D eigenvalue weighted by Crippen LogP contribution is -2.31. The van der Waals surface area contributed by atoms with Crippen molar-refractivity contribution in [3.8, 4) is 0 Å². The Morgan fingerprint density at radius 2 is 1.79 bits per heavy atom. The minimum absolute atomic E-state index is 0.227. The van der Waals surface area contributed by atoms with Crippen LogP contribution in [0.5, 0.6) is 0 Å². The lowest BCUT2D eigenvalue weighted by atomic mass is 10.0. The fourth-order valence-corrected chi connectivity index (χ4v) is 3.00. The molecule has 0 aliphatic heterocycles. The van der Waals surface area contributed by atoms with Gasteiger partial charge < -0.3 is 0 Å². The average Bonchev–Trinajstić information content (AvgIpc) is 2.27. The molecule has 7 heteroatoms. The van der Waals surface area contributed by atoms with Gasteiger partial charge in [0.25, 0.3) is 0 Å². The van der Waals surface area contributed by atoms with E-state index in [0.29, 0.717) is 0 Å². The fourth-order valence-electron chi connectivity index (χ4n) is 1.61. The lowest BCUT2D eigenvalue weighted by molar-refractivity contribution is -0.132. The molecule has 0 saturated carbocycles. The van der Waals surface area contributed by atoms with E-state index in [1.807, 2.05) is 10.8 Å². The van der Waals surface area contributed by atoms with Gasteiger partial charge in [0.2, 0.25) is 10.0 Å². The van der Waals surface area contributed by atoms with Crippen LogP contribution in [0.25, 0.3) is 0 Å². The normalized spacial score (nSPS) is 14.3. The summed E-state index contributed by atoms with van der Waals surface area (Å²) in [6.07, 6.45) is -5.51. The monoisotopic (exact) mass is 295 g/mol. The third-order valence-electron chi connectivity index (χ3n) is 2.57. The molecular formula is C12H16F3NO2S. The molecule has 3 nitrogen and oxygen atoms in total. The second-order valence-corrected chi connectivity index (χ2v) is 6.20. The molecule has 0 amide bonds. The van der Waals surface area contributed by atoms with E-state index in [1.165, 1.54) is 0 Å². The Balaban J connectivity index is 2.51. The number of halogens is 3. The first-order chi connectivity index (χ1) is 8.70. The average molecular weight is 295 g/mol. The van der Waals surface area contributed by atoms with Gasteiger partial charge in [-0.15, -0.1) is 0 Å². The van der Waals surface area contributed by atoms with Gasteiger partial charge in [-0.25, -0.2) is 13.1 Å². The SMILES string of the molecule is CC(CS(=O)(=O)NCCC(F)(F)F)c1ccccc1. The number of benzene rings is 1. The largest absolute Gasteiger partial charge is 0.390 e. The van der Waals surface area contributed by atoms with Gasteiger partial charge in [0.1, 0.15) is 0 Å². The topological polar surface area (TPSA) is 46.2 Å². The maximum atomic E-state index is 11.9. The summed E-state index contributed by atoms with van der Waals surface area (Å²) < 4.78 is 61.0. The maximum Gasteiger partial charge on any atom is 0.390 e. The van der Waals surface area contributed by atoms with Crippen molar-refractivity contribution in [2.75, 3.05) is 12.3 Å². The summed E-state index contributed by atoms with van der Waals surface area (Å²) in [6, 6.07) is 8.96. The van der Waals surface area contributed by atoms with Crippen LogP contribution in [-0.2, 0) is 10.0 Å². The second kappa shape index (κ2) is 6.38. The number of hydrogen-bond acceptors (Lipinski definition) is 2. The molecule has 0 bridgehead atoms. The van der Waals surface area contributed by atoms with E-state index in [4.69, 9.17) is 0 Å². The fraction of sp³-hybridized carbons (Fsp3) is 0.500. The first-order valence-corrected chi connectivity index (χ1v) is 7.44. The first-order valence-electron chi connectivity index (χ1n) is 5.79. The zero-order valence-electron chi connectivity index (χ0n) is 10.4. The van der Waals surface area contributed by atoms with Crippen LogP contribution in [0, 0.1) is 0 Å². The van der Waals surface area contributed by atoms with Crippen LogP contribution >= 0.6 is 0 Å². The van der Waals surface area contributed by atoms with Gasteiger partial charge >= 0.3 is 6.18 Å². The Hall–Kier alpha value is -1.08. The summed E-state index contributed by atoms with van der Waals surface area (Å²) in [5, 5.41) is 0. The molecule has 1 aromatic rings. The minimum atomic E-state index is -4.35. The van der Waals surface area contributed by atoms with Gasteiger partial charge in [0.15, 0.2) is 0 Å². The highest BCUT2D eigenvalue weighted by molar-refractivity contribution is 7.89. The van der Waals surface area contributed by atoms with E-state index >= 15 is 0 Å². The predicted molar refractivity (Wildman–Crippen MR) is 67.3 cm³/mol. The number of hydrogen-bond donors (Lipinski definition) is 1. The van der Waals surface area contributed by atoms with Crippen LogP contribution in [0.4, 0.5) is 13.2 Å². The summed E-state index contributed by atoms with van der Waals surface area (Å²) >= 11 is 0. The second-order valence-electron chi connectivity index (χ2n) is 4.35. The van der Waals surface area contributed by atoms with Crippen LogP contribution < -0.4 is 4.72 Å². The summed E-state index contributed by atoms with van der Waals surface area (Å²) in [6.45, 7) is 1.10. The molecule has 0 heterocycles. The molecule has 1 unspecified atom stereocenters. The van der Waals surface area contributed by atoms with Gasteiger partial charge in [0, 0.05) is 6.54 Å². The van der Waals surface area contributed by atoms with Crippen molar-refractivity contribution in [1.29, 1.82) is 0 Å². The van der Waals surface area contributed by atoms with Crippen molar-refractivity contribution in [3.63, 3.8) is 0 Å². The molecular weight excluding hydrogens is 279 g/mol. The zero-order valence-corrected chi connectivity index (χ0v) is 11.3. The van der Waals surface area contributed by atoms with Crippen LogP contribution in [-0.4, -0.2) is 26.9 Å². The molecule has 19 heavy (non-hydrogen) atoms. The molecule has 1 aromatic carbocycles. The van der Waals surface area contributed by atoms with E-state index in [1.54, 1.807) is 31.2 Å². The standard InChI is InChI=1S/C12H16F3NO2S/c1-10(11-5-3-2-4-6-11)9-19(17,18)16-8-7-12(13,14)15/h2-6,10,16H,7-9H2,1H3. The molecule has 0 spiro atoms. The Bertz CT molecular complexity index is 485. The van der Waals surface area contributed by atoms with Crippen molar-refractivity contribution in [1.82, 2.24) is 4.72 Å². The molecule has 1 N–H and O–H groups in total. The Morgan fingerprint density at radius 1 is 1.21 bits per heavy atom. The zero-order chi connectivity index (χ0) is 14.5. The highest BCUT2D eigenvalue weighted by Gasteiger charge is 2.27. The highest BCUT2D eigenvalue weighted by Crippen LogP contribution is 2.19. The number of alkyl halides is 3. The third-order valence-corrected chi connectivity index (χ3v) is 4.15. The summed E-state index contributed by atoms with van der Waals surface area (Å²) in [7, 11) is -3.70. The number of rotatable bonds is 6. The van der Waals surface area contributed by atoms with Crippen molar-refractivity contribution in [2.24, 2.45) is 0 Å². The van der Waals surface area contributed by atoms with E-state index in [2.05, 4.69) is 0 Å². The third kappa shape index (κ3) is 6.58. The van der Waals surface area contributed by atoms with Crippen LogP contribution in [0.3, 0.4) is 0 Å². The molecule has 0 fully saturated rings. The van der Waals surface area contributed by atoms with Crippen molar-refractivity contribution >= 4 is 10.0 Å². The molecule has 1 atom stereocenters. The van der Waals surface area contributed by atoms with E-state index in [-0.39, 0.29) is 11.7 Å². The lowest BCUT2D eigenvalue weighted by Gasteiger charge is -2.13. The molecule has 1 rings (SSSR count). The quantitative estimate of drug-likeness (QED) is 0.877. The predicted octanol–water partition coefficient (Wildman–Crippen LogP) is 2.66. The van der Waals surface area contributed by atoms with Crippen LogP contribution in [0.2, 0.25) is 0 Å². The van der Waals surface area contributed by atoms with Crippen molar-refractivity contribution in [3.05, 3.63) is 35.9 Å². The molecule has 0 aliphatic rings. The molecule has 0 radical (unpaired) electrons. The van der Waals surface area contributed by atoms with Crippen LogP contribution in [0.15, 0.2) is 30.3 Å². The minimum Gasteiger partial charge on any atom is -0.215 e. The summed E-state index contributed by atoms with van der Waals surface area (Å²) in [4.78, 5) is 0. The van der Waals surface area contributed by atoms with Gasteiger partial charge in [-0.2, -0.15) is 13.2 Å². The van der Waals surface area contributed by atoms with Gasteiger partial charge in [0.05, 0.1) is 12.2 Å². The molecule has 0 saturated heterocycles. The smallest absolute Gasteiger partial charge is 0.215 e. The van der Waals surface area contributed by atoms with Gasteiger partial charge in [-0.3, -0.25) is 0 Å². The first kappa shape index (κ1) is 16.0. The molecule has 0 aliphatic carbocycles. The molecule has 108 valence electrons. The van der Waals surface area contributed by atoms with Gasteiger partial charge in [-0.05, 0) is 11.5 Å². The van der Waals surface area contributed by atoms with Crippen molar-refractivity contribution in [2.45, 2.75) is 25.4 Å². The number of nitrogens with one attached hydrogen (secondary N) is 1. The van der Waals surface area contributed by atoms with E-state index in [9.17, 15) is 21.6 Å².